The van der Waals surface area contributed by atoms with Crippen molar-refractivity contribution in [1.82, 2.24) is 10.2 Å². The normalized spacial score (nSPS) is 34.2. The van der Waals surface area contributed by atoms with Crippen molar-refractivity contribution in [3.05, 3.63) is 40.3 Å². The first-order valence-corrected chi connectivity index (χ1v) is 11.2. The molecule has 11 nitrogen and oxygen atoms in total. The second kappa shape index (κ2) is 8.96. The lowest BCUT2D eigenvalue weighted by molar-refractivity contribution is -0.219. The monoisotopic (exact) mass is 516 g/mol. The lowest BCUT2D eigenvalue weighted by Gasteiger charge is -2.49. The van der Waals surface area contributed by atoms with Crippen LogP contribution in [0.15, 0.2) is 29.4 Å². The van der Waals surface area contributed by atoms with Gasteiger partial charge in [-0.15, -0.1) is 0 Å². The number of nitrogens with one attached hydrogen (secondary N) is 2. The average Bonchev–Trinajstić information content (AvgIpc) is 3.16. The maximum Gasteiger partial charge on any atom is 0.416 e. The number of amides is 2. The van der Waals surface area contributed by atoms with Gasteiger partial charge < -0.3 is 35.2 Å². The molecular weight excluding hydrogens is 485 g/mol. The molecule has 0 radical (unpaired) electrons. The maximum absolute atomic E-state index is 13.4. The maximum atomic E-state index is 13.4. The number of azide groups is 1. The van der Waals surface area contributed by atoms with Crippen molar-refractivity contribution in [2.24, 2.45) is 5.11 Å². The van der Waals surface area contributed by atoms with Crippen molar-refractivity contribution in [2.45, 2.75) is 74.6 Å². The molecule has 1 spiro atoms. The van der Waals surface area contributed by atoms with Crippen molar-refractivity contribution in [1.29, 1.82) is 0 Å². The summed E-state index contributed by atoms with van der Waals surface area (Å²) < 4.78 is 52.1. The molecule has 1 saturated heterocycles. The largest absolute Gasteiger partial charge is 0.416 e. The van der Waals surface area contributed by atoms with E-state index in [2.05, 4.69) is 20.7 Å². The van der Waals surface area contributed by atoms with Gasteiger partial charge in [0.2, 0.25) is 0 Å². The van der Waals surface area contributed by atoms with Crippen molar-refractivity contribution in [2.75, 3.05) is 26.0 Å². The van der Waals surface area contributed by atoms with E-state index >= 15 is 0 Å². The highest BCUT2D eigenvalue weighted by Crippen LogP contribution is 2.56. The Morgan fingerprint density at radius 1 is 1.33 bits per heavy atom. The molecule has 14 heteroatoms. The fourth-order valence-corrected chi connectivity index (χ4v) is 5.25. The number of hydrogen-bond donors (Lipinski definition) is 4. The second-order valence-corrected chi connectivity index (χ2v) is 9.97. The molecule has 3 rings (SSSR count). The number of hydrogen-bond acceptors (Lipinski definition) is 7. The van der Waals surface area contributed by atoms with E-state index in [0.29, 0.717) is 0 Å². The van der Waals surface area contributed by atoms with E-state index in [0.717, 1.165) is 17.0 Å². The van der Waals surface area contributed by atoms with Gasteiger partial charge in [-0.05, 0) is 51.4 Å². The van der Waals surface area contributed by atoms with E-state index in [1.807, 2.05) is 0 Å². The fourth-order valence-electron chi connectivity index (χ4n) is 5.25. The number of halogens is 3. The Morgan fingerprint density at radius 3 is 2.44 bits per heavy atom. The molecule has 1 unspecified atom stereocenters. The quantitative estimate of drug-likeness (QED) is 0.268. The lowest BCUT2D eigenvalue weighted by Crippen LogP contribution is -2.75. The summed E-state index contributed by atoms with van der Waals surface area (Å²) in [5.74, 6) is -1.26. The van der Waals surface area contributed by atoms with E-state index < -0.39 is 58.5 Å². The van der Waals surface area contributed by atoms with Gasteiger partial charge in [0.25, 0.3) is 0 Å². The minimum Gasteiger partial charge on any atom is -0.391 e. The van der Waals surface area contributed by atoms with Crippen LogP contribution < -0.4 is 10.6 Å². The molecule has 1 aromatic rings. The molecule has 2 aliphatic rings. The second-order valence-electron chi connectivity index (χ2n) is 9.97. The highest BCUT2D eigenvalue weighted by molar-refractivity contribution is 5.75. The van der Waals surface area contributed by atoms with Crippen LogP contribution >= 0.6 is 0 Å². The van der Waals surface area contributed by atoms with Crippen LogP contribution in [0.25, 0.3) is 10.4 Å². The Balaban J connectivity index is 2.27. The van der Waals surface area contributed by atoms with Crippen molar-refractivity contribution in [3.8, 4) is 0 Å². The molecule has 0 bridgehead atoms. The zero-order valence-corrected chi connectivity index (χ0v) is 20.8. The highest BCUT2D eigenvalue weighted by Gasteiger charge is 2.79. The molecule has 2 amide bonds. The average molecular weight is 517 g/mol. The van der Waals surface area contributed by atoms with Crippen LogP contribution in [0.2, 0.25) is 0 Å². The highest BCUT2D eigenvalue weighted by atomic mass is 19.4. The number of carbonyl (C=O) groups is 1. The molecule has 1 heterocycles. The lowest BCUT2D eigenvalue weighted by atomic mass is 9.73. The first-order valence-electron chi connectivity index (χ1n) is 11.2. The Labute approximate surface area is 206 Å². The molecule has 1 aliphatic carbocycles. The third kappa shape index (κ3) is 4.22. The van der Waals surface area contributed by atoms with Crippen LogP contribution in [0.1, 0.15) is 33.3 Å². The van der Waals surface area contributed by atoms with Gasteiger partial charge in [0, 0.05) is 24.7 Å². The number of aliphatic hydroxyl groups is 2. The number of aliphatic hydroxyl groups excluding tert-OH is 1. The number of carbonyl (C=O) groups excluding carboxylic acids is 1. The summed E-state index contributed by atoms with van der Waals surface area (Å²) in [4.78, 5) is 16.9. The van der Waals surface area contributed by atoms with Crippen molar-refractivity contribution >= 4 is 11.7 Å². The molecule has 6 atom stereocenters. The number of alkyl halides is 3. The van der Waals surface area contributed by atoms with E-state index in [9.17, 15) is 33.7 Å². The van der Waals surface area contributed by atoms with Crippen molar-refractivity contribution < 1.29 is 37.7 Å². The van der Waals surface area contributed by atoms with Gasteiger partial charge in [0.15, 0.2) is 5.79 Å². The van der Waals surface area contributed by atoms with E-state index in [1.54, 1.807) is 13.8 Å². The topological polar surface area (TPSA) is 152 Å². The van der Waals surface area contributed by atoms with Gasteiger partial charge in [-0.1, -0.05) is 11.2 Å². The van der Waals surface area contributed by atoms with Gasteiger partial charge in [0.1, 0.15) is 16.7 Å². The summed E-state index contributed by atoms with van der Waals surface area (Å²) in [6.07, 6.45) is -6.15. The molecule has 4 N–H and O–H groups in total. The molecule has 2 fully saturated rings. The minimum absolute atomic E-state index is 0.0169. The van der Waals surface area contributed by atoms with Crippen LogP contribution in [0.5, 0.6) is 0 Å². The van der Waals surface area contributed by atoms with Gasteiger partial charge >= 0.3 is 12.2 Å². The SMILES string of the molecule is C[C@H](O)[C@]1(NC(=O)N(C)C)C(N=[N+]=[N-])[C@H](Nc2cccc(C(F)(F)F)c2)[C@]2(COC(C)(C)O2)[C@]1(C)O. The van der Waals surface area contributed by atoms with Crippen molar-refractivity contribution in [3.63, 3.8) is 0 Å². The predicted octanol–water partition coefficient (Wildman–Crippen LogP) is 2.84. The smallest absolute Gasteiger partial charge is 0.391 e. The number of anilines is 1. The zero-order chi connectivity index (χ0) is 27.3. The molecule has 1 aliphatic heterocycles. The minimum atomic E-state index is -4.63. The van der Waals surface area contributed by atoms with Crippen LogP contribution in [0.4, 0.5) is 23.7 Å². The number of rotatable bonds is 5. The summed E-state index contributed by atoms with van der Waals surface area (Å²) in [6.45, 7) is 5.44. The zero-order valence-electron chi connectivity index (χ0n) is 20.8. The Hall–Kier alpha value is -2.77. The molecule has 36 heavy (non-hydrogen) atoms. The standard InChI is InChI=1S/C22H31F3N6O5/c1-12(32)21(28-17(33)31(5)6)16(29-30-26)15(20(19(21,4)34)11-35-18(2,3)36-20)27-14-9-7-8-13(10-14)22(23,24)25/h7-10,12,15-16,27,32,34H,11H2,1-6H3,(H,28,33)/t12-,15-,16?,19-,20+,21-/m0/s1. The summed E-state index contributed by atoms with van der Waals surface area (Å²) >= 11 is 0. The molecule has 0 aromatic heterocycles. The third-order valence-electron chi connectivity index (χ3n) is 7.04. The third-order valence-corrected chi connectivity index (χ3v) is 7.04. The number of urea groups is 1. The van der Waals surface area contributed by atoms with E-state index in [-0.39, 0.29) is 12.3 Å². The first kappa shape index (κ1) is 27.8. The van der Waals surface area contributed by atoms with E-state index in [1.165, 1.54) is 40.1 Å². The predicted molar refractivity (Wildman–Crippen MR) is 123 cm³/mol. The summed E-state index contributed by atoms with van der Waals surface area (Å²) in [6, 6.07) is 0.886. The Morgan fingerprint density at radius 2 is 1.97 bits per heavy atom. The van der Waals surface area contributed by atoms with E-state index in [4.69, 9.17) is 9.47 Å². The van der Waals surface area contributed by atoms with Crippen LogP contribution in [0, 0.1) is 0 Å². The van der Waals surface area contributed by atoms with Gasteiger partial charge in [-0.2, -0.15) is 13.2 Å². The molecule has 1 aromatic carbocycles. The Kier molecular flexibility index (Phi) is 6.92. The summed E-state index contributed by atoms with van der Waals surface area (Å²) in [5.41, 5.74) is 2.48. The van der Waals surface area contributed by atoms with Gasteiger partial charge in [0.05, 0.1) is 30.4 Å². The number of nitrogens with zero attached hydrogens (tertiary/aromatic N) is 4. The van der Waals surface area contributed by atoms with Crippen LogP contribution in [-0.4, -0.2) is 82.6 Å². The van der Waals surface area contributed by atoms with Crippen LogP contribution in [0.3, 0.4) is 0 Å². The summed E-state index contributed by atoms with van der Waals surface area (Å²) in [5, 5.41) is 32.5. The number of ether oxygens (including phenoxy) is 2. The van der Waals surface area contributed by atoms with Crippen LogP contribution in [-0.2, 0) is 15.7 Å². The van der Waals surface area contributed by atoms with Gasteiger partial charge in [-0.25, -0.2) is 4.79 Å². The molecule has 1 saturated carbocycles. The van der Waals surface area contributed by atoms with Gasteiger partial charge in [-0.3, -0.25) is 0 Å². The first-order chi connectivity index (χ1) is 16.4. The molecule has 200 valence electrons. The fraction of sp³-hybridized carbons (Fsp3) is 0.682. The Bertz CT molecular complexity index is 1060. The number of benzene rings is 1. The molecular formula is C22H31F3N6O5. The summed E-state index contributed by atoms with van der Waals surface area (Å²) in [7, 11) is 2.87.